The highest BCUT2D eigenvalue weighted by molar-refractivity contribution is 7.85. The quantitative estimate of drug-likeness (QED) is 0.892. The van der Waals surface area contributed by atoms with Crippen LogP contribution in [-0.2, 0) is 10.8 Å². The van der Waals surface area contributed by atoms with E-state index in [4.69, 9.17) is 4.74 Å². The minimum Gasteiger partial charge on any atom is -0.496 e. The normalized spacial score (nSPS) is 13.7. The summed E-state index contributed by atoms with van der Waals surface area (Å²) in [5, 5.41) is 3.14. The molecular formula is C16H18FNO2S. The highest BCUT2D eigenvalue weighted by Crippen LogP contribution is 2.26. The average Bonchev–Trinajstić information content (AvgIpc) is 2.52. The summed E-state index contributed by atoms with van der Waals surface area (Å²) < 4.78 is 31.0. The molecule has 0 aromatic heterocycles. The van der Waals surface area contributed by atoms with Crippen molar-refractivity contribution in [2.24, 2.45) is 0 Å². The van der Waals surface area contributed by atoms with Gasteiger partial charge in [-0.3, -0.25) is 4.21 Å². The van der Waals surface area contributed by atoms with Crippen molar-refractivity contribution in [3.8, 4) is 5.75 Å². The molecule has 2 rings (SSSR count). The van der Waals surface area contributed by atoms with Gasteiger partial charge in [0.25, 0.3) is 0 Å². The number of benzene rings is 2. The molecule has 2 aromatic rings. The van der Waals surface area contributed by atoms with E-state index in [0.717, 1.165) is 11.3 Å². The summed E-state index contributed by atoms with van der Waals surface area (Å²) in [5.74, 6) is 0.715. The van der Waals surface area contributed by atoms with Gasteiger partial charge in [-0.2, -0.15) is 0 Å². The zero-order chi connectivity index (χ0) is 15.2. The highest BCUT2D eigenvalue weighted by Gasteiger charge is 2.18. The molecule has 21 heavy (non-hydrogen) atoms. The van der Waals surface area contributed by atoms with Crippen LogP contribution in [0.1, 0.15) is 11.6 Å². The van der Waals surface area contributed by atoms with Crippen molar-refractivity contribution in [3.63, 3.8) is 0 Å². The SMILES string of the molecule is CNC(CS(=O)c1cccc(F)c1)c1ccccc1OC. The van der Waals surface area contributed by atoms with E-state index in [-0.39, 0.29) is 11.9 Å². The molecule has 3 nitrogen and oxygen atoms in total. The Bertz CT molecular complexity index is 633. The topological polar surface area (TPSA) is 38.3 Å². The minimum absolute atomic E-state index is 0.134. The maximum absolute atomic E-state index is 13.2. The molecule has 2 unspecified atom stereocenters. The molecule has 0 amide bonds. The predicted molar refractivity (Wildman–Crippen MR) is 82.5 cm³/mol. The zero-order valence-electron chi connectivity index (χ0n) is 12.0. The monoisotopic (exact) mass is 307 g/mol. The Balaban J connectivity index is 2.21. The Morgan fingerprint density at radius 3 is 2.67 bits per heavy atom. The van der Waals surface area contributed by atoms with Crippen LogP contribution in [0.25, 0.3) is 0 Å². The molecule has 2 aromatic carbocycles. The first kappa shape index (κ1) is 15.7. The van der Waals surface area contributed by atoms with Crippen LogP contribution >= 0.6 is 0 Å². The smallest absolute Gasteiger partial charge is 0.124 e. The van der Waals surface area contributed by atoms with Crippen LogP contribution in [0.5, 0.6) is 5.75 Å². The maximum Gasteiger partial charge on any atom is 0.124 e. The first-order chi connectivity index (χ1) is 10.2. The second-order valence-corrected chi connectivity index (χ2v) is 6.05. The van der Waals surface area contributed by atoms with E-state index in [2.05, 4.69) is 5.32 Å². The Morgan fingerprint density at radius 1 is 1.24 bits per heavy atom. The van der Waals surface area contributed by atoms with E-state index < -0.39 is 10.8 Å². The molecule has 2 atom stereocenters. The third kappa shape index (κ3) is 3.89. The van der Waals surface area contributed by atoms with Crippen molar-refractivity contribution >= 4 is 10.8 Å². The summed E-state index contributed by atoms with van der Waals surface area (Å²) in [6.45, 7) is 0. The van der Waals surface area contributed by atoms with Gasteiger partial charge in [-0.1, -0.05) is 24.3 Å². The summed E-state index contributed by atoms with van der Waals surface area (Å²) in [4.78, 5) is 0.491. The van der Waals surface area contributed by atoms with Gasteiger partial charge in [-0.15, -0.1) is 0 Å². The number of para-hydroxylation sites is 1. The molecule has 0 spiro atoms. The molecule has 0 fully saturated rings. The second kappa shape index (κ2) is 7.33. The zero-order valence-corrected chi connectivity index (χ0v) is 12.8. The number of hydrogen-bond donors (Lipinski definition) is 1. The fraction of sp³-hybridized carbons (Fsp3) is 0.250. The standard InChI is InChI=1S/C16H18FNO2S/c1-18-15(14-8-3-4-9-16(14)20-2)11-21(19)13-7-5-6-12(17)10-13/h3-10,15,18H,11H2,1-2H3. The molecular weight excluding hydrogens is 289 g/mol. The van der Waals surface area contributed by atoms with E-state index in [1.165, 1.54) is 12.1 Å². The molecule has 5 heteroatoms. The first-order valence-electron chi connectivity index (χ1n) is 6.60. The maximum atomic E-state index is 13.2. The number of hydrogen-bond acceptors (Lipinski definition) is 3. The summed E-state index contributed by atoms with van der Waals surface area (Å²) in [6.07, 6.45) is 0. The van der Waals surface area contributed by atoms with Gasteiger partial charge < -0.3 is 10.1 Å². The van der Waals surface area contributed by atoms with E-state index in [0.29, 0.717) is 10.6 Å². The van der Waals surface area contributed by atoms with Crippen LogP contribution in [-0.4, -0.2) is 24.1 Å². The molecule has 0 aliphatic heterocycles. The van der Waals surface area contributed by atoms with Gasteiger partial charge in [-0.25, -0.2) is 4.39 Å². The lowest BCUT2D eigenvalue weighted by Gasteiger charge is -2.19. The van der Waals surface area contributed by atoms with Gasteiger partial charge in [-0.05, 0) is 31.3 Å². The Kier molecular flexibility index (Phi) is 5.47. The van der Waals surface area contributed by atoms with E-state index >= 15 is 0 Å². The fourth-order valence-electron chi connectivity index (χ4n) is 2.14. The molecule has 0 radical (unpaired) electrons. The lowest BCUT2D eigenvalue weighted by Crippen LogP contribution is -2.23. The molecule has 0 aliphatic carbocycles. The van der Waals surface area contributed by atoms with Gasteiger partial charge in [0.15, 0.2) is 0 Å². The van der Waals surface area contributed by atoms with E-state index in [1.54, 1.807) is 26.3 Å². The summed E-state index contributed by atoms with van der Waals surface area (Å²) in [5.41, 5.74) is 0.937. The van der Waals surface area contributed by atoms with Crippen molar-refractivity contribution < 1.29 is 13.3 Å². The lowest BCUT2D eigenvalue weighted by atomic mass is 10.1. The van der Waals surface area contributed by atoms with Crippen LogP contribution in [0.15, 0.2) is 53.4 Å². The molecule has 0 saturated carbocycles. The number of nitrogens with one attached hydrogen (secondary N) is 1. The average molecular weight is 307 g/mol. The van der Waals surface area contributed by atoms with Crippen molar-refractivity contribution in [1.29, 1.82) is 0 Å². The highest BCUT2D eigenvalue weighted by atomic mass is 32.2. The van der Waals surface area contributed by atoms with Crippen LogP contribution in [0.2, 0.25) is 0 Å². The minimum atomic E-state index is -1.29. The van der Waals surface area contributed by atoms with Gasteiger partial charge in [0.1, 0.15) is 11.6 Å². The largest absolute Gasteiger partial charge is 0.496 e. The lowest BCUT2D eigenvalue weighted by molar-refractivity contribution is 0.404. The number of rotatable bonds is 6. The number of methoxy groups -OCH3 is 1. The number of halogens is 1. The van der Waals surface area contributed by atoms with Gasteiger partial charge in [0.05, 0.1) is 17.9 Å². The molecule has 0 bridgehead atoms. The van der Waals surface area contributed by atoms with Crippen molar-refractivity contribution in [1.82, 2.24) is 5.32 Å². The molecule has 1 N–H and O–H groups in total. The molecule has 0 aliphatic rings. The van der Waals surface area contributed by atoms with Gasteiger partial charge in [0.2, 0.25) is 0 Å². The van der Waals surface area contributed by atoms with Crippen LogP contribution < -0.4 is 10.1 Å². The Hall–Kier alpha value is -1.72. The Morgan fingerprint density at radius 2 is 2.00 bits per heavy atom. The van der Waals surface area contributed by atoms with E-state index in [1.807, 2.05) is 24.3 Å². The summed E-state index contributed by atoms with van der Waals surface area (Å²) >= 11 is 0. The van der Waals surface area contributed by atoms with Crippen molar-refractivity contribution in [2.75, 3.05) is 19.9 Å². The molecule has 112 valence electrons. The summed E-state index contributed by atoms with van der Waals surface area (Å²) in [7, 11) is 2.12. The predicted octanol–water partition coefficient (Wildman–Crippen LogP) is 2.90. The summed E-state index contributed by atoms with van der Waals surface area (Å²) in [6, 6.07) is 13.4. The number of ether oxygens (including phenoxy) is 1. The van der Waals surface area contributed by atoms with E-state index in [9.17, 15) is 8.60 Å². The first-order valence-corrected chi connectivity index (χ1v) is 7.91. The van der Waals surface area contributed by atoms with Crippen LogP contribution in [0.4, 0.5) is 4.39 Å². The van der Waals surface area contributed by atoms with Crippen molar-refractivity contribution in [3.05, 3.63) is 59.9 Å². The van der Waals surface area contributed by atoms with Gasteiger partial charge in [0, 0.05) is 22.3 Å². The Labute approximate surface area is 126 Å². The van der Waals surface area contributed by atoms with Gasteiger partial charge >= 0.3 is 0 Å². The third-order valence-corrected chi connectivity index (χ3v) is 4.66. The van der Waals surface area contributed by atoms with Crippen molar-refractivity contribution in [2.45, 2.75) is 10.9 Å². The van der Waals surface area contributed by atoms with Crippen LogP contribution in [0, 0.1) is 5.82 Å². The molecule has 0 saturated heterocycles. The second-order valence-electron chi connectivity index (χ2n) is 4.55. The van der Waals surface area contributed by atoms with Crippen LogP contribution in [0.3, 0.4) is 0 Å². The third-order valence-electron chi connectivity index (χ3n) is 3.24. The fourth-order valence-corrected chi connectivity index (χ4v) is 3.45. The molecule has 0 heterocycles.